The van der Waals surface area contributed by atoms with Gasteiger partial charge in [-0.2, -0.15) is 0 Å². The lowest BCUT2D eigenvalue weighted by Crippen LogP contribution is -2.14. The van der Waals surface area contributed by atoms with E-state index in [1.54, 1.807) is 6.08 Å². The molecular formula is C15H20O4. The second kappa shape index (κ2) is 9.30. The Morgan fingerprint density at radius 2 is 2.05 bits per heavy atom. The van der Waals surface area contributed by atoms with Crippen molar-refractivity contribution in [2.75, 3.05) is 6.61 Å². The van der Waals surface area contributed by atoms with E-state index in [0.717, 1.165) is 18.1 Å². The zero-order chi connectivity index (χ0) is 13.9. The molecular weight excluding hydrogens is 244 g/mol. The average molecular weight is 264 g/mol. The minimum absolute atomic E-state index is 0.303. The summed E-state index contributed by atoms with van der Waals surface area (Å²) >= 11 is 0. The normalized spacial score (nSPS) is 12.7. The lowest BCUT2D eigenvalue weighted by Gasteiger charge is -2.10. The SMILES string of the molecule is O=C(O)/C=C\CCCC(O)COCc1ccccc1. The van der Waals surface area contributed by atoms with Gasteiger partial charge in [-0.15, -0.1) is 0 Å². The maximum atomic E-state index is 10.2. The zero-order valence-corrected chi connectivity index (χ0v) is 10.9. The number of hydrogen-bond donors (Lipinski definition) is 2. The van der Waals surface area contributed by atoms with Crippen LogP contribution in [0.3, 0.4) is 0 Å². The molecule has 2 N–H and O–H groups in total. The van der Waals surface area contributed by atoms with Crippen molar-refractivity contribution in [3.8, 4) is 0 Å². The van der Waals surface area contributed by atoms with Crippen LogP contribution in [0.5, 0.6) is 0 Å². The lowest BCUT2D eigenvalue weighted by atomic mass is 10.1. The van der Waals surface area contributed by atoms with E-state index in [4.69, 9.17) is 9.84 Å². The summed E-state index contributed by atoms with van der Waals surface area (Å²) in [6, 6.07) is 9.79. The second-order valence-corrected chi connectivity index (χ2v) is 4.33. The highest BCUT2D eigenvalue weighted by Crippen LogP contribution is 2.05. The van der Waals surface area contributed by atoms with Gasteiger partial charge in [0.15, 0.2) is 0 Å². The van der Waals surface area contributed by atoms with Crippen molar-refractivity contribution in [1.82, 2.24) is 0 Å². The smallest absolute Gasteiger partial charge is 0.327 e. The summed E-state index contributed by atoms with van der Waals surface area (Å²) in [5.41, 5.74) is 1.08. The minimum Gasteiger partial charge on any atom is -0.478 e. The Bertz CT molecular complexity index is 386. The number of aliphatic hydroxyl groups is 1. The van der Waals surface area contributed by atoms with Gasteiger partial charge in [0, 0.05) is 6.08 Å². The first-order chi connectivity index (χ1) is 9.18. The Hall–Kier alpha value is -1.65. The molecule has 1 atom stereocenters. The molecule has 0 amide bonds. The van der Waals surface area contributed by atoms with E-state index >= 15 is 0 Å². The Balaban J connectivity index is 2.05. The molecule has 1 unspecified atom stereocenters. The fourth-order valence-corrected chi connectivity index (χ4v) is 1.63. The number of unbranched alkanes of at least 4 members (excludes halogenated alkanes) is 1. The van der Waals surface area contributed by atoms with Crippen molar-refractivity contribution in [3.05, 3.63) is 48.0 Å². The van der Waals surface area contributed by atoms with Crippen LogP contribution in [0.1, 0.15) is 24.8 Å². The van der Waals surface area contributed by atoms with Crippen LogP contribution in [-0.2, 0) is 16.1 Å². The van der Waals surface area contributed by atoms with E-state index < -0.39 is 12.1 Å². The molecule has 0 saturated heterocycles. The monoisotopic (exact) mass is 264 g/mol. The van der Waals surface area contributed by atoms with Gasteiger partial charge in [-0.25, -0.2) is 4.79 Å². The zero-order valence-electron chi connectivity index (χ0n) is 10.9. The van der Waals surface area contributed by atoms with Crippen molar-refractivity contribution < 1.29 is 19.7 Å². The maximum absolute atomic E-state index is 10.2. The van der Waals surface area contributed by atoms with E-state index in [1.807, 2.05) is 30.3 Å². The van der Waals surface area contributed by atoms with Crippen LogP contribution in [-0.4, -0.2) is 28.9 Å². The number of carboxylic acids is 1. The highest BCUT2D eigenvalue weighted by molar-refractivity contribution is 5.79. The number of benzene rings is 1. The minimum atomic E-state index is -0.938. The topological polar surface area (TPSA) is 66.8 Å². The van der Waals surface area contributed by atoms with Crippen LogP contribution >= 0.6 is 0 Å². The van der Waals surface area contributed by atoms with Gasteiger partial charge < -0.3 is 14.9 Å². The Kier molecular flexibility index (Phi) is 7.54. The molecule has 104 valence electrons. The van der Waals surface area contributed by atoms with Crippen LogP contribution in [0.2, 0.25) is 0 Å². The van der Waals surface area contributed by atoms with Crippen molar-refractivity contribution in [1.29, 1.82) is 0 Å². The molecule has 0 heterocycles. The summed E-state index contributed by atoms with van der Waals surface area (Å²) in [5.74, 6) is -0.938. The van der Waals surface area contributed by atoms with Crippen molar-refractivity contribution in [3.63, 3.8) is 0 Å². The van der Waals surface area contributed by atoms with Crippen LogP contribution in [0.4, 0.5) is 0 Å². The molecule has 0 radical (unpaired) electrons. The third-order valence-corrected chi connectivity index (χ3v) is 2.59. The van der Waals surface area contributed by atoms with Crippen molar-refractivity contribution in [2.24, 2.45) is 0 Å². The van der Waals surface area contributed by atoms with Crippen molar-refractivity contribution in [2.45, 2.75) is 32.0 Å². The van der Waals surface area contributed by atoms with Gasteiger partial charge in [0.05, 0.1) is 19.3 Å². The maximum Gasteiger partial charge on any atom is 0.327 e. The molecule has 1 aromatic rings. The first kappa shape index (κ1) is 15.4. The number of ether oxygens (including phenoxy) is 1. The predicted octanol–water partition coefficient (Wildman–Crippen LogP) is 2.38. The molecule has 1 aromatic carbocycles. The summed E-state index contributed by atoms with van der Waals surface area (Å²) in [7, 11) is 0. The number of hydrogen-bond acceptors (Lipinski definition) is 3. The van der Waals surface area contributed by atoms with E-state index in [1.165, 1.54) is 0 Å². The van der Waals surface area contributed by atoms with E-state index in [9.17, 15) is 9.90 Å². The molecule has 0 fully saturated rings. The third kappa shape index (κ3) is 8.13. The number of carboxylic acid groups (broad SMARTS) is 1. The third-order valence-electron chi connectivity index (χ3n) is 2.59. The average Bonchev–Trinajstić information content (AvgIpc) is 2.39. The lowest BCUT2D eigenvalue weighted by molar-refractivity contribution is -0.131. The summed E-state index contributed by atoms with van der Waals surface area (Å²) < 4.78 is 5.41. The number of aliphatic hydroxyl groups excluding tert-OH is 1. The summed E-state index contributed by atoms with van der Waals surface area (Å²) in [6.07, 6.45) is 4.24. The molecule has 0 bridgehead atoms. The van der Waals surface area contributed by atoms with Crippen LogP contribution in [0, 0.1) is 0 Å². The molecule has 0 aliphatic rings. The molecule has 4 heteroatoms. The molecule has 0 spiro atoms. The Morgan fingerprint density at radius 3 is 2.74 bits per heavy atom. The standard InChI is InChI=1S/C15H20O4/c16-14(9-5-2-6-10-15(17)18)12-19-11-13-7-3-1-4-8-13/h1,3-4,6-8,10,14,16H,2,5,9,11-12H2,(H,17,18)/b10-6-. The number of rotatable bonds is 9. The Labute approximate surface area is 113 Å². The highest BCUT2D eigenvalue weighted by Gasteiger charge is 2.03. The molecule has 0 saturated carbocycles. The first-order valence-electron chi connectivity index (χ1n) is 6.37. The quantitative estimate of drug-likeness (QED) is 0.531. The van der Waals surface area contributed by atoms with Gasteiger partial charge in [-0.3, -0.25) is 0 Å². The first-order valence-corrected chi connectivity index (χ1v) is 6.37. The summed E-state index contributed by atoms with van der Waals surface area (Å²) in [4.78, 5) is 10.2. The number of allylic oxidation sites excluding steroid dienone is 1. The summed E-state index contributed by atoms with van der Waals surface area (Å²) in [6.45, 7) is 0.800. The largest absolute Gasteiger partial charge is 0.478 e. The molecule has 0 aliphatic carbocycles. The van der Waals surface area contributed by atoms with E-state index in [0.29, 0.717) is 26.1 Å². The summed E-state index contributed by atoms with van der Waals surface area (Å²) in [5, 5.41) is 18.1. The van der Waals surface area contributed by atoms with Gasteiger partial charge in [-0.05, 0) is 24.8 Å². The molecule has 19 heavy (non-hydrogen) atoms. The highest BCUT2D eigenvalue weighted by atomic mass is 16.5. The van der Waals surface area contributed by atoms with Gasteiger partial charge in [0.2, 0.25) is 0 Å². The Morgan fingerprint density at radius 1 is 1.32 bits per heavy atom. The predicted molar refractivity (Wildman–Crippen MR) is 72.7 cm³/mol. The second-order valence-electron chi connectivity index (χ2n) is 4.33. The molecule has 4 nitrogen and oxygen atoms in total. The van der Waals surface area contributed by atoms with Crippen LogP contribution in [0.15, 0.2) is 42.5 Å². The van der Waals surface area contributed by atoms with Crippen LogP contribution < -0.4 is 0 Å². The fraction of sp³-hybridized carbons (Fsp3) is 0.400. The van der Waals surface area contributed by atoms with E-state index in [2.05, 4.69) is 0 Å². The van der Waals surface area contributed by atoms with E-state index in [-0.39, 0.29) is 0 Å². The van der Waals surface area contributed by atoms with Crippen LogP contribution in [0.25, 0.3) is 0 Å². The molecule has 0 aromatic heterocycles. The fourth-order valence-electron chi connectivity index (χ4n) is 1.63. The van der Waals surface area contributed by atoms with Crippen molar-refractivity contribution >= 4 is 5.97 Å². The molecule has 0 aliphatic heterocycles. The van der Waals surface area contributed by atoms with Gasteiger partial charge in [-0.1, -0.05) is 36.4 Å². The van der Waals surface area contributed by atoms with Gasteiger partial charge in [0.1, 0.15) is 0 Å². The van der Waals surface area contributed by atoms with Gasteiger partial charge in [0.25, 0.3) is 0 Å². The molecule has 1 rings (SSSR count). The van der Waals surface area contributed by atoms with Gasteiger partial charge >= 0.3 is 5.97 Å². The number of aliphatic carboxylic acids is 1. The number of carbonyl (C=O) groups is 1.